The van der Waals surface area contributed by atoms with Gasteiger partial charge in [0.2, 0.25) is 5.91 Å². The molecule has 0 fully saturated rings. The number of benzene rings is 1. The number of halogens is 1. The quantitative estimate of drug-likeness (QED) is 0.661. The summed E-state index contributed by atoms with van der Waals surface area (Å²) in [4.78, 5) is 51.5. The second-order valence-electron chi connectivity index (χ2n) is 4.52. The number of hydrogen-bond acceptors (Lipinski definition) is 5. The predicted molar refractivity (Wildman–Crippen MR) is 75.9 cm³/mol. The van der Waals surface area contributed by atoms with Crippen molar-refractivity contribution < 1.29 is 24.0 Å². The molecule has 0 aromatic heterocycles. The van der Waals surface area contributed by atoms with Crippen LogP contribution in [0.1, 0.15) is 27.6 Å². The Hall–Kier alpha value is -2.67. The third-order valence-electron chi connectivity index (χ3n) is 2.79. The van der Waals surface area contributed by atoms with Crippen molar-refractivity contribution in [3.8, 4) is 0 Å². The summed E-state index contributed by atoms with van der Waals surface area (Å²) < 4.78 is 0. The molecule has 0 unspecified atom stereocenters. The molecule has 1 heterocycles. The first-order valence-electron chi connectivity index (χ1n) is 6.14. The van der Waals surface area contributed by atoms with Crippen LogP contribution in [0, 0.1) is 0 Å². The smallest absolute Gasteiger partial charge is 0.341 e. The molecule has 0 bridgehead atoms. The Balaban J connectivity index is 2.04. The summed E-state index contributed by atoms with van der Waals surface area (Å²) in [6.45, 7) is 4.37. The van der Waals surface area contributed by atoms with Crippen LogP contribution in [-0.4, -0.2) is 35.3 Å². The lowest BCUT2D eigenvalue weighted by atomic mass is 10.1. The van der Waals surface area contributed by atoms with Crippen molar-refractivity contribution in [2.45, 2.75) is 6.92 Å². The average molecular weight is 323 g/mol. The van der Waals surface area contributed by atoms with E-state index in [4.69, 9.17) is 16.4 Å². The van der Waals surface area contributed by atoms with E-state index in [0.717, 1.165) is 0 Å². The molecule has 1 aromatic carbocycles. The van der Waals surface area contributed by atoms with Gasteiger partial charge in [0.15, 0.2) is 0 Å². The maximum Gasteiger partial charge on any atom is 0.352 e. The van der Waals surface area contributed by atoms with Crippen molar-refractivity contribution in [1.29, 1.82) is 0 Å². The first-order valence-corrected chi connectivity index (χ1v) is 6.52. The van der Waals surface area contributed by atoms with Gasteiger partial charge in [-0.15, -0.1) is 0 Å². The number of hydroxylamine groups is 2. The highest BCUT2D eigenvalue weighted by atomic mass is 35.5. The van der Waals surface area contributed by atoms with Gasteiger partial charge < -0.3 is 10.2 Å². The number of rotatable bonds is 4. The number of carbonyl (C=O) groups is 4. The lowest BCUT2D eigenvalue weighted by Gasteiger charge is -2.12. The number of hydrogen-bond donors (Lipinski definition) is 1. The minimum Gasteiger partial charge on any atom is -0.341 e. The van der Waals surface area contributed by atoms with Gasteiger partial charge in [-0.1, -0.05) is 23.2 Å². The van der Waals surface area contributed by atoms with E-state index in [2.05, 4.69) is 11.9 Å². The van der Waals surface area contributed by atoms with Crippen molar-refractivity contribution in [3.05, 3.63) is 46.5 Å². The van der Waals surface area contributed by atoms with Gasteiger partial charge in [0.25, 0.3) is 11.8 Å². The summed E-state index contributed by atoms with van der Waals surface area (Å²) in [6, 6.07) is 4.13. The summed E-state index contributed by atoms with van der Waals surface area (Å²) in [7, 11) is 0. The van der Waals surface area contributed by atoms with E-state index in [1.54, 1.807) is 0 Å². The van der Waals surface area contributed by atoms with Crippen LogP contribution in [-0.2, 0) is 14.4 Å². The van der Waals surface area contributed by atoms with E-state index in [-0.39, 0.29) is 21.7 Å². The Morgan fingerprint density at radius 3 is 2.55 bits per heavy atom. The van der Waals surface area contributed by atoms with Crippen LogP contribution in [0.5, 0.6) is 0 Å². The Morgan fingerprint density at radius 1 is 1.27 bits per heavy atom. The van der Waals surface area contributed by atoms with E-state index in [9.17, 15) is 19.2 Å². The van der Waals surface area contributed by atoms with Crippen molar-refractivity contribution in [1.82, 2.24) is 10.4 Å². The molecule has 0 atom stereocenters. The normalized spacial score (nSPS) is 12.9. The van der Waals surface area contributed by atoms with Gasteiger partial charge in [0.05, 0.1) is 11.1 Å². The lowest BCUT2D eigenvalue weighted by molar-refractivity contribution is -0.167. The van der Waals surface area contributed by atoms with E-state index < -0.39 is 30.2 Å². The molecular formula is C14H11ClN2O5. The van der Waals surface area contributed by atoms with Gasteiger partial charge in [0.1, 0.15) is 6.54 Å². The predicted octanol–water partition coefficient (Wildman–Crippen LogP) is 1.09. The SMILES string of the molecule is C=C(C)C(=O)NCC(=O)ON1C(=O)c2ccc(Cl)cc2C1=O. The molecule has 22 heavy (non-hydrogen) atoms. The molecule has 3 amide bonds. The maximum absolute atomic E-state index is 12.0. The number of nitrogens with zero attached hydrogens (tertiary/aromatic N) is 1. The third kappa shape index (κ3) is 2.99. The minimum absolute atomic E-state index is 0.0521. The van der Waals surface area contributed by atoms with Crippen LogP contribution in [0.25, 0.3) is 0 Å². The second-order valence-corrected chi connectivity index (χ2v) is 4.96. The fourth-order valence-electron chi connectivity index (χ4n) is 1.71. The Morgan fingerprint density at radius 2 is 1.91 bits per heavy atom. The van der Waals surface area contributed by atoms with Gasteiger partial charge in [0, 0.05) is 10.6 Å². The highest BCUT2D eigenvalue weighted by Crippen LogP contribution is 2.25. The van der Waals surface area contributed by atoms with Crippen molar-refractivity contribution >= 4 is 35.3 Å². The zero-order chi connectivity index (χ0) is 16.4. The van der Waals surface area contributed by atoms with Gasteiger partial charge >= 0.3 is 5.97 Å². The summed E-state index contributed by atoms with van der Waals surface area (Å²) in [5, 5.41) is 2.86. The molecule has 1 aliphatic heterocycles. The molecule has 0 saturated heterocycles. The van der Waals surface area contributed by atoms with Crippen LogP contribution in [0.4, 0.5) is 0 Å². The van der Waals surface area contributed by atoms with Crippen LogP contribution in [0.2, 0.25) is 5.02 Å². The van der Waals surface area contributed by atoms with E-state index >= 15 is 0 Å². The molecule has 1 aliphatic rings. The number of amides is 3. The highest BCUT2D eigenvalue weighted by Gasteiger charge is 2.39. The minimum atomic E-state index is -0.963. The molecule has 0 saturated carbocycles. The lowest BCUT2D eigenvalue weighted by Crippen LogP contribution is -2.38. The van der Waals surface area contributed by atoms with Crippen LogP contribution >= 0.6 is 11.6 Å². The molecule has 8 heteroatoms. The standard InChI is InChI=1S/C14H11ClN2O5/c1-7(2)12(19)16-6-11(18)22-17-13(20)9-4-3-8(15)5-10(9)14(17)21/h3-5H,1,6H2,2H3,(H,16,19). The second kappa shape index (κ2) is 5.98. The molecular weight excluding hydrogens is 312 g/mol. The van der Waals surface area contributed by atoms with E-state index in [0.29, 0.717) is 5.06 Å². The van der Waals surface area contributed by atoms with Gasteiger partial charge in [-0.25, -0.2) is 4.79 Å². The summed E-state index contributed by atoms with van der Waals surface area (Å²) in [5.74, 6) is -3.06. The Bertz CT molecular complexity index is 713. The average Bonchev–Trinajstić information content (AvgIpc) is 2.69. The molecule has 1 aromatic rings. The number of carbonyl (C=O) groups excluding carboxylic acids is 4. The molecule has 114 valence electrons. The largest absolute Gasteiger partial charge is 0.352 e. The molecule has 0 aliphatic carbocycles. The summed E-state index contributed by atoms with van der Waals surface area (Å²) >= 11 is 5.76. The van der Waals surface area contributed by atoms with E-state index in [1.165, 1.54) is 25.1 Å². The molecule has 0 spiro atoms. The first kappa shape index (κ1) is 15.7. The van der Waals surface area contributed by atoms with Crippen LogP contribution in [0.3, 0.4) is 0 Å². The van der Waals surface area contributed by atoms with Crippen LogP contribution < -0.4 is 5.32 Å². The molecule has 1 N–H and O–H groups in total. The van der Waals surface area contributed by atoms with Crippen molar-refractivity contribution in [2.75, 3.05) is 6.54 Å². The van der Waals surface area contributed by atoms with Crippen molar-refractivity contribution in [3.63, 3.8) is 0 Å². The highest BCUT2D eigenvalue weighted by molar-refractivity contribution is 6.32. The van der Waals surface area contributed by atoms with Crippen LogP contribution in [0.15, 0.2) is 30.4 Å². The molecule has 7 nitrogen and oxygen atoms in total. The summed E-state index contributed by atoms with van der Waals surface area (Å²) in [6.07, 6.45) is 0. The van der Waals surface area contributed by atoms with Crippen molar-refractivity contribution in [2.24, 2.45) is 0 Å². The third-order valence-corrected chi connectivity index (χ3v) is 3.02. The van der Waals surface area contributed by atoms with Gasteiger partial charge in [-0.2, -0.15) is 0 Å². The monoisotopic (exact) mass is 322 g/mol. The van der Waals surface area contributed by atoms with Gasteiger partial charge in [-0.05, 0) is 25.1 Å². The summed E-state index contributed by atoms with van der Waals surface area (Å²) in [5.41, 5.74) is 0.354. The molecule has 0 radical (unpaired) electrons. The fraction of sp³-hybridized carbons (Fsp3) is 0.143. The number of nitrogens with one attached hydrogen (secondary N) is 1. The van der Waals surface area contributed by atoms with E-state index in [1.807, 2.05) is 0 Å². The van der Waals surface area contributed by atoms with Gasteiger partial charge in [-0.3, -0.25) is 14.4 Å². The Labute approximate surface area is 130 Å². The Kier molecular flexibility index (Phi) is 4.27. The topological polar surface area (TPSA) is 92.8 Å². The zero-order valence-corrected chi connectivity index (χ0v) is 12.3. The number of imide groups is 1. The maximum atomic E-state index is 12.0. The number of fused-ring (bicyclic) bond motifs is 1. The molecule has 2 rings (SSSR count). The first-order chi connectivity index (χ1) is 10.3. The fourth-order valence-corrected chi connectivity index (χ4v) is 1.88. The zero-order valence-electron chi connectivity index (χ0n) is 11.5.